The van der Waals surface area contributed by atoms with E-state index in [0.717, 1.165) is 99.9 Å². The maximum atomic E-state index is 14.3. The van der Waals surface area contributed by atoms with Gasteiger partial charge in [-0.25, -0.2) is 19.6 Å². The molecule has 6 atom stereocenters. The summed E-state index contributed by atoms with van der Waals surface area (Å²) in [4.78, 5) is 72.7. The van der Waals surface area contributed by atoms with Crippen LogP contribution in [0.25, 0.3) is 44.2 Å². The monoisotopic (exact) mass is 816 g/mol. The predicted molar refractivity (Wildman–Crippen MR) is 224 cm³/mol. The lowest BCUT2D eigenvalue weighted by Gasteiger charge is -2.33. The van der Waals surface area contributed by atoms with E-state index in [2.05, 4.69) is 63.1 Å². The van der Waals surface area contributed by atoms with Crippen molar-refractivity contribution in [3.63, 3.8) is 0 Å². The summed E-state index contributed by atoms with van der Waals surface area (Å²) >= 11 is 0. The number of benzene rings is 3. The number of hydrogen-bond acceptors (Lipinski definition) is 9. The van der Waals surface area contributed by atoms with Crippen LogP contribution >= 0.6 is 0 Å². The highest BCUT2D eigenvalue weighted by molar-refractivity contribution is 6.07. The molecule has 4 aliphatic rings. The van der Waals surface area contributed by atoms with Gasteiger partial charge in [0.25, 0.3) is 0 Å². The van der Waals surface area contributed by atoms with Gasteiger partial charge < -0.3 is 44.6 Å². The molecule has 1 saturated carbocycles. The van der Waals surface area contributed by atoms with E-state index in [1.807, 2.05) is 31.9 Å². The molecule has 2 saturated heterocycles. The summed E-state index contributed by atoms with van der Waals surface area (Å²) < 4.78 is 16.1. The smallest absolute Gasteiger partial charge is 0.407 e. The molecule has 0 bridgehead atoms. The Labute approximate surface area is 347 Å². The van der Waals surface area contributed by atoms with Gasteiger partial charge >= 0.3 is 12.2 Å². The van der Waals surface area contributed by atoms with E-state index in [1.54, 1.807) is 4.90 Å². The maximum Gasteiger partial charge on any atom is 0.407 e. The Hall–Kier alpha value is -6.12. The first kappa shape index (κ1) is 39.3. The molecule has 6 unspecified atom stereocenters. The molecule has 1 aliphatic carbocycles. The molecule has 4 N–H and O–H groups in total. The van der Waals surface area contributed by atoms with Crippen LogP contribution in [0.1, 0.15) is 95.0 Å². The number of carbonyl (C=O) groups is 4. The van der Waals surface area contributed by atoms with Crippen molar-refractivity contribution in [2.45, 2.75) is 103 Å². The molecule has 3 aromatic carbocycles. The number of fused-ring (bicyclic) bond motifs is 7. The minimum Gasteiger partial charge on any atom is -0.488 e. The maximum absolute atomic E-state index is 14.3. The molecule has 3 aliphatic heterocycles. The Kier molecular flexibility index (Phi) is 10.4. The van der Waals surface area contributed by atoms with Crippen LogP contribution < -0.4 is 15.4 Å². The molecule has 5 aromatic rings. The second-order valence-electron chi connectivity index (χ2n) is 16.9. The first-order chi connectivity index (χ1) is 29.1. The zero-order valence-corrected chi connectivity index (χ0v) is 34.7. The molecule has 4 amide bonds. The summed E-state index contributed by atoms with van der Waals surface area (Å²) in [6.07, 6.45) is 6.55. The minimum atomic E-state index is -0.706. The number of aromatic amines is 2. The van der Waals surface area contributed by atoms with Gasteiger partial charge in [0, 0.05) is 23.5 Å². The summed E-state index contributed by atoms with van der Waals surface area (Å²) in [5.74, 6) is 2.28. The van der Waals surface area contributed by atoms with E-state index in [0.29, 0.717) is 31.3 Å². The first-order valence-electron chi connectivity index (χ1n) is 21.2. The highest BCUT2D eigenvalue weighted by Gasteiger charge is 2.49. The normalized spacial score (nSPS) is 21.6. The van der Waals surface area contributed by atoms with Crippen molar-refractivity contribution in [3.8, 4) is 28.1 Å². The van der Waals surface area contributed by atoms with Gasteiger partial charge in [-0.3, -0.25) is 9.59 Å². The molecule has 314 valence electrons. The molecule has 3 fully saturated rings. The lowest BCUT2D eigenvalue weighted by atomic mass is 9.92. The average Bonchev–Trinajstić information content (AvgIpc) is 4.11. The van der Waals surface area contributed by atoms with E-state index in [1.165, 1.54) is 14.2 Å². The number of likely N-dealkylation sites (tertiary alicyclic amines) is 2. The van der Waals surface area contributed by atoms with Crippen LogP contribution in [0.3, 0.4) is 0 Å². The van der Waals surface area contributed by atoms with Gasteiger partial charge in [0.05, 0.1) is 49.2 Å². The van der Waals surface area contributed by atoms with Crippen molar-refractivity contribution in [3.05, 3.63) is 65.9 Å². The number of hydrogen-bond donors (Lipinski definition) is 4. The van der Waals surface area contributed by atoms with Crippen LogP contribution in [0.15, 0.2) is 48.7 Å². The molecule has 2 aromatic heterocycles. The quantitative estimate of drug-likeness (QED) is 0.119. The van der Waals surface area contributed by atoms with Crippen LogP contribution in [-0.4, -0.2) is 92.6 Å². The Bertz CT molecular complexity index is 2490. The molecular formula is C45H52N8O7. The van der Waals surface area contributed by atoms with Gasteiger partial charge in [-0.1, -0.05) is 45.4 Å². The van der Waals surface area contributed by atoms with E-state index in [-0.39, 0.29) is 35.9 Å². The van der Waals surface area contributed by atoms with Crippen LogP contribution in [0.2, 0.25) is 0 Å². The van der Waals surface area contributed by atoms with Crippen LogP contribution in [-0.2, 0) is 25.7 Å². The Balaban J connectivity index is 0.975. The summed E-state index contributed by atoms with van der Waals surface area (Å²) in [6, 6.07) is 13.0. The molecule has 5 heterocycles. The van der Waals surface area contributed by atoms with Gasteiger partial charge in [0.2, 0.25) is 11.8 Å². The number of nitrogens with one attached hydrogen (secondary N) is 4. The summed E-state index contributed by atoms with van der Waals surface area (Å²) in [5, 5.41) is 7.45. The van der Waals surface area contributed by atoms with Crippen molar-refractivity contribution >= 4 is 45.8 Å². The van der Waals surface area contributed by atoms with Gasteiger partial charge in [0.15, 0.2) is 0 Å². The molecule has 60 heavy (non-hydrogen) atoms. The van der Waals surface area contributed by atoms with E-state index >= 15 is 0 Å². The third-order valence-corrected chi connectivity index (χ3v) is 13.1. The largest absolute Gasteiger partial charge is 0.488 e. The third kappa shape index (κ3) is 6.86. The van der Waals surface area contributed by atoms with Crippen molar-refractivity contribution < 1.29 is 33.4 Å². The molecule has 9 rings (SSSR count). The van der Waals surface area contributed by atoms with Gasteiger partial charge in [-0.15, -0.1) is 0 Å². The second-order valence-corrected chi connectivity index (χ2v) is 16.9. The molecule has 0 spiro atoms. The first-order valence-corrected chi connectivity index (χ1v) is 21.2. The van der Waals surface area contributed by atoms with Gasteiger partial charge in [-0.05, 0) is 96.7 Å². The number of nitrogens with zero attached hydrogens (tertiary/aromatic N) is 4. The summed E-state index contributed by atoms with van der Waals surface area (Å²) in [6.45, 7) is 6.71. The topological polar surface area (TPSA) is 184 Å². The lowest BCUT2D eigenvalue weighted by Crippen LogP contribution is -2.53. The van der Waals surface area contributed by atoms with Gasteiger partial charge in [-0.2, -0.15) is 0 Å². The fourth-order valence-corrected chi connectivity index (χ4v) is 10.0. The predicted octanol–water partition coefficient (Wildman–Crippen LogP) is 7.29. The highest BCUT2D eigenvalue weighted by atomic mass is 16.5. The SMILES string of the molecule is CCC(NC(=O)OC)C(=O)N1CCCC1c1ncc(-c2ccc3c(c2)COc2cc4c(ccc5[nH]c(C6CC7CCCC7N6C(=O)C(NC(=O)OC)C(C)C)nc54)cc2-3)[nH]1. The van der Waals surface area contributed by atoms with Crippen LogP contribution in [0, 0.1) is 11.8 Å². The zero-order valence-electron chi connectivity index (χ0n) is 34.7. The number of carbonyl (C=O) groups excluding carboxylic acids is 4. The molecule has 15 heteroatoms. The molecule has 15 nitrogen and oxygen atoms in total. The number of amides is 4. The Morgan fingerprint density at radius 3 is 2.50 bits per heavy atom. The zero-order chi connectivity index (χ0) is 41.8. The number of ether oxygens (including phenoxy) is 3. The van der Waals surface area contributed by atoms with Gasteiger partial charge in [0.1, 0.15) is 36.1 Å². The number of H-pyrrole nitrogens is 2. The minimum absolute atomic E-state index is 0.0960. The van der Waals surface area contributed by atoms with Crippen molar-refractivity contribution in [1.29, 1.82) is 0 Å². The lowest BCUT2D eigenvalue weighted by molar-refractivity contribution is -0.138. The van der Waals surface area contributed by atoms with Crippen LogP contribution in [0.4, 0.5) is 9.59 Å². The highest BCUT2D eigenvalue weighted by Crippen LogP contribution is 2.48. The average molecular weight is 817 g/mol. The standard InChI is InChI=1S/C45H52N8O7/c1-6-31(49-44(56)58-4)42(54)52-16-8-11-35(52)40-46-21-33(48-40)25-12-14-28-27(17-25)22-60-37-20-29-24(18-30(28)37)13-15-32-39(29)50-41(47-32)36-19-26-9-7-10-34(26)53(36)43(55)38(23(2)3)51-45(57)59-5/h12-15,17-18,20-21,23,26,31,34-36,38H,6-11,16,19,22H2,1-5H3,(H,46,48)(H,47,50)(H,49,56)(H,51,57). The number of methoxy groups -OCH3 is 2. The molecular weight excluding hydrogens is 765 g/mol. The second kappa shape index (κ2) is 15.8. The Morgan fingerprint density at radius 2 is 1.72 bits per heavy atom. The van der Waals surface area contributed by atoms with E-state index < -0.39 is 24.3 Å². The fraction of sp³-hybridized carbons (Fsp3) is 0.467. The van der Waals surface area contributed by atoms with Crippen molar-refractivity contribution in [1.82, 2.24) is 40.4 Å². The van der Waals surface area contributed by atoms with Crippen molar-refractivity contribution in [2.75, 3.05) is 20.8 Å². The fourth-order valence-electron chi connectivity index (χ4n) is 10.0. The summed E-state index contributed by atoms with van der Waals surface area (Å²) in [7, 11) is 2.60. The number of alkyl carbamates (subject to hydrolysis) is 2. The third-order valence-electron chi connectivity index (χ3n) is 13.1. The number of rotatable bonds is 9. The van der Waals surface area contributed by atoms with E-state index in [4.69, 9.17) is 24.2 Å². The van der Waals surface area contributed by atoms with Crippen LogP contribution in [0.5, 0.6) is 5.75 Å². The van der Waals surface area contributed by atoms with Crippen molar-refractivity contribution in [2.24, 2.45) is 11.8 Å². The molecule has 0 radical (unpaired) electrons. The number of imidazole rings is 2. The van der Waals surface area contributed by atoms with E-state index in [9.17, 15) is 19.2 Å². The Morgan fingerprint density at radius 1 is 0.900 bits per heavy atom. The number of aromatic nitrogens is 4. The summed E-state index contributed by atoms with van der Waals surface area (Å²) in [5.41, 5.74) is 6.67.